The van der Waals surface area contributed by atoms with Gasteiger partial charge in [-0.1, -0.05) is 11.6 Å². The van der Waals surface area contributed by atoms with Gasteiger partial charge in [0.15, 0.2) is 0 Å². The van der Waals surface area contributed by atoms with Crippen LogP contribution in [0.15, 0.2) is 6.07 Å². The lowest BCUT2D eigenvalue weighted by Crippen LogP contribution is -2.05. The minimum Gasteiger partial charge on any atom is -0.478 e. The van der Waals surface area contributed by atoms with Crippen molar-refractivity contribution in [3.8, 4) is 0 Å². The molecule has 0 amide bonds. The van der Waals surface area contributed by atoms with E-state index in [4.69, 9.17) is 16.7 Å². The molecule has 3 heteroatoms. The SMILES string of the molecule is Cc1cc(Cl)c(C)c(C(=O)O)c1C. The standard InChI is InChI=1S/C10H11ClO2/c1-5-4-8(11)7(3)9(6(5)2)10(12)13/h4H,1-3H3,(H,12,13). The van der Waals surface area contributed by atoms with E-state index in [0.29, 0.717) is 16.1 Å². The summed E-state index contributed by atoms with van der Waals surface area (Å²) >= 11 is 5.87. The van der Waals surface area contributed by atoms with Gasteiger partial charge in [0.2, 0.25) is 0 Å². The van der Waals surface area contributed by atoms with Gasteiger partial charge in [-0.25, -0.2) is 4.79 Å². The quantitative estimate of drug-likeness (QED) is 0.754. The van der Waals surface area contributed by atoms with E-state index in [2.05, 4.69) is 0 Å². The van der Waals surface area contributed by atoms with Crippen molar-refractivity contribution in [2.45, 2.75) is 20.8 Å². The second kappa shape index (κ2) is 3.38. The van der Waals surface area contributed by atoms with Crippen molar-refractivity contribution in [3.05, 3.63) is 33.3 Å². The molecule has 1 rings (SSSR count). The second-order valence-electron chi connectivity index (χ2n) is 3.11. The Morgan fingerprint density at radius 2 is 1.85 bits per heavy atom. The van der Waals surface area contributed by atoms with Gasteiger partial charge < -0.3 is 5.11 Å². The molecule has 0 aromatic heterocycles. The van der Waals surface area contributed by atoms with E-state index in [0.717, 1.165) is 11.1 Å². The van der Waals surface area contributed by atoms with Crippen LogP contribution in [0.1, 0.15) is 27.0 Å². The molecule has 1 aromatic rings. The van der Waals surface area contributed by atoms with Crippen molar-refractivity contribution in [1.29, 1.82) is 0 Å². The summed E-state index contributed by atoms with van der Waals surface area (Å²) in [6.07, 6.45) is 0. The predicted octanol–water partition coefficient (Wildman–Crippen LogP) is 2.96. The molecule has 0 atom stereocenters. The summed E-state index contributed by atoms with van der Waals surface area (Å²) in [7, 11) is 0. The van der Waals surface area contributed by atoms with E-state index in [1.54, 1.807) is 19.9 Å². The third-order valence-electron chi connectivity index (χ3n) is 2.26. The topological polar surface area (TPSA) is 37.3 Å². The highest BCUT2D eigenvalue weighted by Gasteiger charge is 2.14. The molecule has 13 heavy (non-hydrogen) atoms. The number of halogens is 1. The molecule has 0 spiro atoms. The molecule has 0 heterocycles. The summed E-state index contributed by atoms with van der Waals surface area (Å²) in [4.78, 5) is 10.9. The Balaban J connectivity index is 3.56. The van der Waals surface area contributed by atoms with E-state index in [1.807, 2.05) is 6.92 Å². The Hall–Kier alpha value is -1.02. The lowest BCUT2D eigenvalue weighted by Gasteiger charge is -2.09. The number of hydrogen-bond donors (Lipinski definition) is 1. The summed E-state index contributed by atoms with van der Waals surface area (Å²) in [5.74, 6) is -0.916. The zero-order valence-corrected chi connectivity index (χ0v) is 8.57. The average molecular weight is 199 g/mol. The molecule has 0 fully saturated rings. The molecule has 1 aromatic carbocycles. The van der Waals surface area contributed by atoms with Gasteiger partial charge in [-0.15, -0.1) is 0 Å². The Kier molecular flexibility index (Phi) is 2.62. The van der Waals surface area contributed by atoms with Crippen LogP contribution in [0.2, 0.25) is 5.02 Å². The number of benzene rings is 1. The van der Waals surface area contributed by atoms with Crippen LogP contribution in [0.5, 0.6) is 0 Å². The van der Waals surface area contributed by atoms with E-state index < -0.39 is 5.97 Å². The van der Waals surface area contributed by atoms with Crippen molar-refractivity contribution in [2.24, 2.45) is 0 Å². The third-order valence-corrected chi connectivity index (χ3v) is 2.65. The summed E-state index contributed by atoms with van der Waals surface area (Å²) in [5.41, 5.74) is 2.66. The molecular formula is C10H11ClO2. The molecule has 2 nitrogen and oxygen atoms in total. The van der Waals surface area contributed by atoms with Crippen molar-refractivity contribution < 1.29 is 9.90 Å². The molecule has 0 aliphatic heterocycles. The Morgan fingerprint density at radius 3 is 2.31 bits per heavy atom. The highest BCUT2D eigenvalue weighted by molar-refractivity contribution is 6.32. The van der Waals surface area contributed by atoms with Crippen LogP contribution in [-0.4, -0.2) is 11.1 Å². The van der Waals surface area contributed by atoms with E-state index >= 15 is 0 Å². The zero-order valence-electron chi connectivity index (χ0n) is 7.81. The maximum atomic E-state index is 10.9. The molecule has 0 aliphatic carbocycles. The van der Waals surface area contributed by atoms with Gasteiger partial charge in [-0.3, -0.25) is 0 Å². The van der Waals surface area contributed by atoms with Crippen molar-refractivity contribution in [1.82, 2.24) is 0 Å². The summed E-state index contributed by atoms with van der Waals surface area (Å²) in [6, 6.07) is 1.79. The number of rotatable bonds is 1. The molecule has 1 N–H and O–H groups in total. The predicted molar refractivity (Wildman–Crippen MR) is 52.6 cm³/mol. The zero-order chi connectivity index (χ0) is 10.2. The summed E-state index contributed by atoms with van der Waals surface area (Å²) in [5, 5.41) is 9.45. The lowest BCUT2D eigenvalue weighted by molar-refractivity contribution is 0.0695. The van der Waals surface area contributed by atoms with E-state index in [-0.39, 0.29) is 0 Å². The first kappa shape index (κ1) is 10.1. The molecule has 0 saturated heterocycles. The minimum atomic E-state index is -0.916. The second-order valence-corrected chi connectivity index (χ2v) is 3.51. The van der Waals surface area contributed by atoms with Crippen LogP contribution < -0.4 is 0 Å². The molecule has 70 valence electrons. The number of carboxylic acid groups (broad SMARTS) is 1. The van der Waals surface area contributed by atoms with Crippen molar-refractivity contribution in [2.75, 3.05) is 0 Å². The van der Waals surface area contributed by atoms with Gasteiger partial charge in [0.05, 0.1) is 5.56 Å². The fourth-order valence-corrected chi connectivity index (χ4v) is 1.58. The smallest absolute Gasteiger partial charge is 0.336 e. The number of carbonyl (C=O) groups is 1. The van der Waals surface area contributed by atoms with Gasteiger partial charge in [-0.05, 0) is 43.5 Å². The first-order valence-corrected chi connectivity index (χ1v) is 4.32. The number of carboxylic acids is 1. The van der Waals surface area contributed by atoms with Crippen LogP contribution >= 0.6 is 11.6 Å². The summed E-state index contributed by atoms with van der Waals surface area (Å²) in [6.45, 7) is 5.37. The van der Waals surface area contributed by atoms with Crippen LogP contribution in [0.25, 0.3) is 0 Å². The van der Waals surface area contributed by atoms with Crippen LogP contribution in [0.4, 0.5) is 0 Å². The van der Waals surface area contributed by atoms with Crippen LogP contribution in [0, 0.1) is 20.8 Å². The first-order chi connectivity index (χ1) is 5.95. The first-order valence-electron chi connectivity index (χ1n) is 3.94. The number of hydrogen-bond acceptors (Lipinski definition) is 1. The maximum Gasteiger partial charge on any atom is 0.336 e. The molecular weight excluding hydrogens is 188 g/mol. The van der Waals surface area contributed by atoms with Gasteiger partial charge in [0.1, 0.15) is 0 Å². The minimum absolute atomic E-state index is 0.324. The van der Waals surface area contributed by atoms with E-state index in [1.165, 1.54) is 0 Å². The molecule has 0 aliphatic rings. The molecule has 0 radical (unpaired) electrons. The number of aromatic carboxylic acids is 1. The monoisotopic (exact) mass is 198 g/mol. The Morgan fingerprint density at radius 1 is 1.31 bits per heavy atom. The Labute approximate surface area is 82.2 Å². The number of aryl methyl sites for hydroxylation is 1. The normalized spacial score (nSPS) is 10.2. The van der Waals surface area contributed by atoms with Crippen molar-refractivity contribution >= 4 is 17.6 Å². The fourth-order valence-electron chi connectivity index (χ4n) is 1.33. The van der Waals surface area contributed by atoms with Crippen LogP contribution in [-0.2, 0) is 0 Å². The fraction of sp³-hybridized carbons (Fsp3) is 0.300. The molecule has 0 bridgehead atoms. The van der Waals surface area contributed by atoms with Crippen molar-refractivity contribution in [3.63, 3.8) is 0 Å². The maximum absolute atomic E-state index is 10.9. The summed E-state index contributed by atoms with van der Waals surface area (Å²) < 4.78 is 0. The highest BCUT2D eigenvalue weighted by Crippen LogP contribution is 2.25. The van der Waals surface area contributed by atoms with Crippen LogP contribution in [0.3, 0.4) is 0 Å². The Bertz CT molecular complexity index is 343. The third kappa shape index (κ3) is 1.68. The highest BCUT2D eigenvalue weighted by atomic mass is 35.5. The van der Waals surface area contributed by atoms with Gasteiger partial charge in [0.25, 0.3) is 0 Å². The van der Waals surface area contributed by atoms with E-state index in [9.17, 15) is 4.79 Å². The largest absolute Gasteiger partial charge is 0.478 e. The van der Waals surface area contributed by atoms with Gasteiger partial charge >= 0.3 is 5.97 Å². The lowest BCUT2D eigenvalue weighted by atomic mass is 9.98. The van der Waals surface area contributed by atoms with Gasteiger partial charge in [0, 0.05) is 5.02 Å². The molecule has 0 unspecified atom stereocenters. The van der Waals surface area contributed by atoms with Gasteiger partial charge in [-0.2, -0.15) is 0 Å². The molecule has 0 saturated carbocycles. The average Bonchev–Trinajstić information content (AvgIpc) is 2.01.